The minimum Gasteiger partial charge on any atom is -0.339 e. The Morgan fingerprint density at radius 2 is 2.12 bits per heavy atom. The van der Waals surface area contributed by atoms with Crippen LogP contribution < -0.4 is 5.56 Å². The first-order chi connectivity index (χ1) is 7.56. The van der Waals surface area contributed by atoms with Gasteiger partial charge in [0.15, 0.2) is 10.6 Å². The Morgan fingerprint density at radius 1 is 1.38 bits per heavy atom. The fourth-order valence-corrected chi connectivity index (χ4v) is 1.65. The van der Waals surface area contributed by atoms with Crippen molar-refractivity contribution in [2.45, 2.75) is 20.3 Å². The van der Waals surface area contributed by atoms with Gasteiger partial charge in [0.25, 0.3) is 5.56 Å². The maximum Gasteiger partial charge on any atom is 0.255 e. The zero-order valence-corrected chi connectivity index (χ0v) is 9.64. The SMILES string of the molecule is Cc1noc(Cc2c(C)[nH]c(=S)[nH]c2=O)n1. The van der Waals surface area contributed by atoms with Gasteiger partial charge in [0.1, 0.15) is 0 Å². The Labute approximate surface area is 95.7 Å². The van der Waals surface area contributed by atoms with Crippen molar-refractivity contribution in [1.82, 2.24) is 20.1 Å². The number of aromatic amines is 2. The normalized spacial score (nSPS) is 10.6. The molecule has 2 heterocycles. The second-order valence-electron chi connectivity index (χ2n) is 3.42. The lowest BCUT2D eigenvalue weighted by atomic mass is 10.2. The number of H-pyrrole nitrogens is 2. The highest BCUT2D eigenvalue weighted by Crippen LogP contribution is 2.05. The second-order valence-corrected chi connectivity index (χ2v) is 3.83. The molecule has 0 amide bonds. The summed E-state index contributed by atoms with van der Waals surface area (Å²) in [6.45, 7) is 3.51. The summed E-state index contributed by atoms with van der Waals surface area (Å²) in [5.41, 5.74) is 1.04. The van der Waals surface area contributed by atoms with E-state index in [9.17, 15) is 4.79 Å². The third-order valence-electron chi connectivity index (χ3n) is 2.15. The van der Waals surface area contributed by atoms with E-state index in [0.29, 0.717) is 34.2 Å². The quantitative estimate of drug-likeness (QED) is 0.763. The first-order valence-electron chi connectivity index (χ1n) is 4.67. The highest BCUT2D eigenvalue weighted by molar-refractivity contribution is 7.71. The van der Waals surface area contributed by atoms with Crippen molar-refractivity contribution in [3.8, 4) is 0 Å². The molecule has 0 bridgehead atoms. The largest absolute Gasteiger partial charge is 0.339 e. The third-order valence-corrected chi connectivity index (χ3v) is 2.36. The zero-order chi connectivity index (χ0) is 11.7. The minimum atomic E-state index is -0.225. The molecule has 0 aliphatic rings. The molecule has 2 N–H and O–H groups in total. The maximum absolute atomic E-state index is 11.6. The van der Waals surface area contributed by atoms with Gasteiger partial charge in [0.05, 0.1) is 6.42 Å². The summed E-state index contributed by atoms with van der Waals surface area (Å²) in [6.07, 6.45) is 0.300. The molecule has 0 aliphatic heterocycles. The van der Waals surface area contributed by atoms with Crippen molar-refractivity contribution in [1.29, 1.82) is 0 Å². The Morgan fingerprint density at radius 3 is 2.69 bits per heavy atom. The lowest BCUT2D eigenvalue weighted by Gasteiger charge is -2.00. The van der Waals surface area contributed by atoms with Crippen LogP contribution in [-0.2, 0) is 6.42 Å². The van der Waals surface area contributed by atoms with E-state index < -0.39 is 0 Å². The summed E-state index contributed by atoms with van der Waals surface area (Å²) in [5, 5.41) is 3.66. The summed E-state index contributed by atoms with van der Waals surface area (Å²) in [6, 6.07) is 0. The van der Waals surface area contributed by atoms with Gasteiger partial charge in [-0.25, -0.2) is 0 Å². The van der Waals surface area contributed by atoms with Crippen molar-refractivity contribution in [3.05, 3.63) is 38.1 Å². The number of nitrogens with zero attached hydrogens (tertiary/aromatic N) is 2. The standard InChI is InChI=1S/C9H10N4O2S/c1-4-6(8(14)12-9(16)10-4)3-7-11-5(2)13-15-7/h3H2,1-2H3,(H2,10,12,14,16). The van der Waals surface area contributed by atoms with E-state index in [2.05, 4.69) is 20.1 Å². The molecule has 6 nitrogen and oxygen atoms in total. The van der Waals surface area contributed by atoms with Crippen LogP contribution in [0.2, 0.25) is 0 Å². The van der Waals surface area contributed by atoms with Crippen molar-refractivity contribution < 1.29 is 4.52 Å². The number of aromatic nitrogens is 4. The van der Waals surface area contributed by atoms with Gasteiger partial charge in [-0.1, -0.05) is 5.16 Å². The Kier molecular flexibility index (Phi) is 2.69. The molecule has 0 spiro atoms. The molecular weight excluding hydrogens is 228 g/mol. The highest BCUT2D eigenvalue weighted by atomic mass is 32.1. The number of aryl methyl sites for hydroxylation is 2. The van der Waals surface area contributed by atoms with E-state index >= 15 is 0 Å². The Hall–Kier alpha value is -1.76. The van der Waals surface area contributed by atoms with E-state index in [-0.39, 0.29) is 5.56 Å². The van der Waals surface area contributed by atoms with E-state index in [1.807, 2.05) is 0 Å². The van der Waals surface area contributed by atoms with Crippen molar-refractivity contribution >= 4 is 12.2 Å². The number of rotatable bonds is 2. The molecule has 16 heavy (non-hydrogen) atoms. The van der Waals surface area contributed by atoms with E-state index in [1.54, 1.807) is 13.8 Å². The number of hydrogen-bond acceptors (Lipinski definition) is 5. The first kappa shape index (κ1) is 10.7. The van der Waals surface area contributed by atoms with Crippen LogP contribution in [0.3, 0.4) is 0 Å². The van der Waals surface area contributed by atoms with Crippen molar-refractivity contribution in [2.24, 2.45) is 0 Å². The van der Waals surface area contributed by atoms with Gasteiger partial charge >= 0.3 is 0 Å². The lowest BCUT2D eigenvalue weighted by molar-refractivity contribution is 0.380. The number of hydrogen-bond donors (Lipinski definition) is 2. The molecule has 2 aromatic heterocycles. The lowest BCUT2D eigenvalue weighted by Crippen LogP contribution is -2.16. The summed E-state index contributed by atoms with van der Waals surface area (Å²) < 4.78 is 5.27. The monoisotopic (exact) mass is 238 g/mol. The zero-order valence-electron chi connectivity index (χ0n) is 8.83. The fourth-order valence-electron chi connectivity index (χ4n) is 1.40. The highest BCUT2D eigenvalue weighted by Gasteiger charge is 2.10. The Bertz CT molecular complexity index is 625. The molecule has 7 heteroatoms. The predicted octanol–water partition coefficient (Wildman–Crippen LogP) is 1.02. The van der Waals surface area contributed by atoms with Gasteiger partial charge in [0.2, 0.25) is 5.89 Å². The molecule has 0 radical (unpaired) electrons. The smallest absolute Gasteiger partial charge is 0.255 e. The van der Waals surface area contributed by atoms with Crippen LogP contribution in [0.4, 0.5) is 0 Å². The first-order valence-corrected chi connectivity index (χ1v) is 5.08. The summed E-state index contributed by atoms with van der Waals surface area (Å²) in [7, 11) is 0. The van der Waals surface area contributed by atoms with Crippen LogP contribution in [0, 0.1) is 18.6 Å². The van der Waals surface area contributed by atoms with Crippen LogP contribution in [0.15, 0.2) is 9.32 Å². The molecule has 0 saturated heterocycles. The molecule has 0 unspecified atom stereocenters. The fraction of sp³-hybridized carbons (Fsp3) is 0.333. The van der Waals surface area contributed by atoms with Gasteiger partial charge < -0.3 is 9.51 Å². The van der Waals surface area contributed by atoms with Crippen LogP contribution in [0.25, 0.3) is 0 Å². The molecule has 84 valence electrons. The Balaban J connectivity index is 2.42. The van der Waals surface area contributed by atoms with Crippen molar-refractivity contribution in [2.75, 3.05) is 0 Å². The molecular formula is C9H10N4O2S. The maximum atomic E-state index is 11.6. The number of nitrogens with one attached hydrogen (secondary N) is 2. The average molecular weight is 238 g/mol. The van der Waals surface area contributed by atoms with E-state index in [1.165, 1.54) is 0 Å². The molecule has 2 rings (SSSR count). The molecule has 0 atom stereocenters. The van der Waals surface area contributed by atoms with Crippen LogP contribution in [-0.4, -0.2) is 20.1 Å². The second kappa shape index (κ2) is 4.01. The predicted molar refractivity (Wildman–Crippen MR) is 58.8 cm³/mol. The molecule has 0 aromatic carbocycles. The molecule has 2 aromatic rings. The average Bonchev–Trinajstić information content (AvgIpc) is 2.58. The van der Waals surface area contributed by atoms with Crippen LogP contribution in [0.1, 0.15) is 23.0 Å². The summed E-state index contributed by atoms with van der Waals surface area (Å²) in [4.78, 5) is 21.1. The van der Waals surface area contributed by atoms with Gasteiger partial charge in [-0.2, -0.15) is 4.98 Å². The minimum absolute atomic E-state index is 0.225. The van der Waals surface area contributed by atoms with Gasteiger partial charge in [-0.3, -0.25) is 9.78 Å². The third kappa shape index (κ3) is 2.08. The van der Waals surface area contributed by atoms with Gasteiger partial charge in [-0.05, 0) is 26.1 Å². The summed E-state index contributed by atoms with van der Waals surface area (Å²) in [5.74, 6) is 0.963. The topological polar surface area (TPSA) is 87.6 Å². The summed E-state index contributed by atoms with van der Waals surface area (Å²) >= 11 is 4.85. The van der Waals surface area contributed by atoms with E-state index in [4.69, 9.17) is 16.7 Å². The van der Waals surface area contributed by atoms with E-state index in [0.717, 1.165) is 0 Å². The van der Waals surface area contributed by atoms with Gasteiger partial charge in [-0.15, -0.1) is 0 Å². The van der Waals surface area contributed by atoms with Crippen LogP contribution >= 0.6 is 12.2 Å². The van der Waals surface area contributed by atoms with Crippen molar-refractivity contribution in [3.63, 3.8) is 0 Å². The molecule has 0 saturated carbocycles. The molecule has 0 fully saturated rings. The van der Waals surface area contributed by atoms with Crippen LogP contribution in [0.5, 0.6) is 0 Å². The molecule has 0 aliphatic carbocycles. The van der Waals surface area contributed by atoms with Gasteiger partial charge in [0, 0.05) is 11.3 Å².